The summed E-state index contributed by atoms with van der Waals surface area (Å²) in [5, 5.41) is 20.7. The smallest absolute Gasteiger partial charge is 0.193 e. The van der Waals surface area contributed by atoms with E-state index in [9.17, 15) is 19.8 Å². The minimum Gasteiger partial charge on any atom is -0.511 e. The number of aliphatic hydroxyl groups excluding tert-OH is 2. The second-order valence-electron chi connectivity index (χ2n) is 10.8. The Hall–Kier alpha value is -1.50. The lowest BCUT2D eigenvalue weighted by atomic mass is 9.46. The summed E-state index contributed by atoms with van der Waals surface area (Å²) in [6.07, 6.45) is 6.69. The van der Waals surface area contributed by atoms with Crippen LogP contribution in [0.2, 0.25) is 0 Å². The molecule has 1 heterocycles. The molecule has 0 aromatic heterocycles. The normalized spacial score (nSPS) is 48.8. The van der Waals surface area contributed by atoms with Crippen molar-refractivity contribution in [3.63, 3.8) is 0 Å². The molecule has 0 radical (unpaired) electrons. The summed E-state index contributed by atoms with van der Waals surface area (Å²) in [5.41, 5.74) is -1.05. The summed E-state index contributed by atoms with van der Waals surface area (Å²) in [6.45, 7) is 7.32. The number of aliphatic hydroxyl groups is 2. The molecule has 7 atom stereocenters. The van der Waals surface area contributed by atoms with Crippen LogP contribution in [-0.4, -0.2) is 45.9 Å². The molecule has 0 aromatic carbocycles. The molecule has 4 fully saturated rings. The average molecular weight is 417 g/mol. The molecule has 0 spiro atoms. The van der Waals surface area contributed by atoms with Gasteiger partial charge in [-0.3, -0.25) is 9.59 Å². The van der Waals surface area contributed by atoms with Gasteiger partial charge in [-0.25, -0.2) is 0 Å². The van der Waals surface area contributed by atoms with Gasteiger partial charge in [-0.05, 0) is 76.7 Å². The quantitative estimate of drug-likeness (QED) is 0.718. The van der Waals surface area contributed by atoms with Crippen LogP contribution < -0.4 is 0 Å². The highest BCUT2D eigenvalue weighted by Crippen LogP contribution is 2.70. The first-order valence-corrected chi connectivity index (χ1v) is 11.2. The molecule has 0 amide bonds. The van der Waals surface area contributed by atoms with Gasteiger partial charge >= 0.3 is 0 Å². The number of Topliss-reactive ketones (excluding diaryl/α,β-unsaturated/α-hetero) is 1. The fourth-order valence-electron chi connectivity index (χ4n) is 8.02. The van der Waals surface area contributed by atoms with Crippen molar-refractivity contribution in [2.24, 2.45) is 28.6 Å². The maximum Gasteiger partial charge on any atom is 0.193 e. The largest absolute Gasteiger partial charge is 0.511 e. The third-order valence-corrected chi connectivity index (χ3v) is 9.27. The van der Waals surface area contributed by atoms with Crippen LogP contribution in [0.5, 0.6) is 0 Å². The summed E-state index contributed by atoms with van der Waals surface area (Å²) < 4.78 is 12.6. The lowest BCUT2D eigenvalue weighted by molar-refractivity contribution is -0.215. The molecular formula is C24H32O6. The van der Waals surface area contributed by atoms with Crippen LogP contribution in [0.25, 0.3) is 0 Å². The summed E-state index contributed by atoms with van der Waals surface area (Å²) >= 11 is 0. The Morgan fingerprint density at radius 2 is 1.90 bits per heavy atom. The Balaban J connectivity index is 1.57. The van der Waals surface area contributed by atoms with Gasteiger partial charge in [-0.2, -0.15) is 0 Å². The monoisotopic (exact) mass is 416 g/mol. The van der Waals surface area contributed by atoms with Crippen LogP contribution >= 0.6 is 0 Å². The van der Waals surface area contributed by atoms with Gasteiger partial charge in [0.2, 0.25) is 0 Å². The highest BCUT2D eigenvalue weighted by Gasteiger charge is 2.75. The number of carbonyl (C=O) groups is 2. The fourth-order valence-corrected chi connectivity index (χ4v) is 8.02. The van der Waals surface area contributed by atoms with Gasteiger partial charge < -0.3 is 19.7 Å². The predicted molar refractivity (Wildman–Crippen MR) is 108 cm³/mol. The van der Waals surface area contributed by atoms with E-state index in [4.69, 9.17) is 9.47 Å². The molecule has 0 aromatic rings. The molecule has 30 heavy (non-hydrogen) atoms. The van der Waals surface area contributed by atoms with Crippen molar-refractivity contribution in [1.82, 2.24) is 0 Å². The Bertz CT molecular complexity index is 886. The van der Waals surface area contributed by atoms with E-state index >= 15 is 0 Å². The Morgan fingerprint density at radius 1 is 1.17 bits per heavy atom. The van der Waals surface area contributed by atoms with E-state index in [0.717, 1.165) is 31.3 Å². The first-order valence-electron chi connectivity index (χ1n) is 11.2. The van der Waals surface area contributed by atoms with E-state index in [-0.39, 0.29) is 35.3 Å². The van der Waals surface area contributed by atoms with E-state index in [1.54, 1.807) is 6.08 Å². The number of hydrogen-bond acceptors (Lipinski definition) is 6. The minimum absolute atomic E-state index is 0.133. The molecule has 1 aliphatic heterocycles. The molecule has 4 aliphatic carbocycles. The summed E-state index contributed by atoms with van der Waals surface area (Å²) in [7, 11) is 0. The lowest BCUT2D eigenvalue weighted by Gasteiger charge is -2.58. The van der Waals surface area contributed by atoms with E-state index in [1.165, 1.54) is 6.08 Å². The van der Waals surface area contributed by atoms with Gasteiger partial charge in [-0.15, -0.1) is 0 Å². The maximum absolute atomic E-state index is 13.2. The Kier molecular flexibility index (Phi) is 4.11. The molecule has 5 aliphatic rings. The summed E-state index contributed by atoms with van der Waals surface area (Å²) in [5.74, 6) is -0.416. The number of fused-ring (bicyclic) bond motifs is 7. The number of carbonyl (C=O) groups excluding carboxylic acids is 2. The zero-order chi connectivity index (χ0) is 21.7. The minimum atomic E-state index is -1.13. The number of hydrogen-bond donors (Lipinski definition) is 2. The topological polar surface area (TPSA) is 93.1 Å². The highest BCUT2D eigenvalue weighted by molar-refractivity contribution is 6.01. The first-order chi connectivity index (χ1) is 14.0. The summed E-state index contributed by atoms with van der Waals surface area (Å²) in [6, 6.07) is 0. The van der Waals surface area contributed by atoms with Crippen molar-refractivity contribution in [2.45, 2.75) is 77.3 Å². The van der Waals surface area contributed by atoms with Gasteiger partial charge in [0.1, 0.15) is 12.4 Å². The summed E-state index contributed by atoms with van der Waals surface area (Å²) in [4.78, 5) is 25.2. The Morgan fingerprint density at radius 3 is 2.60 bits per heavy atom. The van der Waals surface area contributed by atoms with Crippen LogP contribution in [-0.2, 0) is 19.1 Å². The fraction of sp³-hybridized carbons (Fsp3) is 0.750. The SMILES string of the molecule is CC1(C)OC2C[C@H]3[C@@H]4CCC5=CC(=O)C=C(O)[C@]5(C)[C@H]4CC[C@]3(C)[C@]2(C(=O)CO)O1. The number of ketones is 2. The molecular weight excluding hydrogens is 384 g/mol. The first kappa shape index (κ1) is 20.4. The molecule has 6 nitrogen and oxygen atoms in total. The van der Waals surface area contributed by atoms with Crippen molar-refractivity contribution < 1.29 is 29.3 Å². The van der Waals surface area contributed by atoms with Gasteiger partial charge in [0.25, 0.3) is 0 Å². The third kappa shape index (κ3) is 2.25. The van der Waals surface area contributed by atoms with Crippen molar-refractivity contribution in [3.8, 4) is 0 Å². The lowest BCUT2D eigenvalue weighted by Crippen LogP contribution is -2.61. The molecule has 5 rings (SSSR count). The number of rotatable bonds is 2. The van der Waals surface area contributed by atoms with Crippen LogP contribution in [0, 0.1) is 28.6 Å². The van der Waals surface area contributed by atoms with Crippen molar-refractivity contribution in [3.05, 3.63) is 23.5 Å². The van der Waals surface area contributed by atoms with Gasteiger partial charge in [0, 0.05) is 16.9 Å². The highest BCUT2D eigenvalue weighted by atomic mass is 16.8. The zero-order valence-electron chi connectivity index (χ0n) is 18.2. The second-order valence-corrected chi connectivity index (χ2v) is 10.8. The zero-order valence-corrected chi connectivity index (χ0v) is 18.2. The second kappa shape index (κ2) is 6.05. The molecule has 1 saturated heterocycles. The Labute approximate surface area is 177 Å². The standard InChI is InChI=1S/C24H32O6/c1-21(2)29-20-11-17-15-6-5-13-9-14(26)10-18(27)23(13,4)16(15)7-8-22(17,3)24(20,30-21)19(28)12-25/h9-10,15-17,20,25,27H,5-8,11-12H2,1-4H3/t15-,16+,17+,20?,22+,23+,24-/m1/s1. The van der Waals surface area contributed by atoms with E-state index in [1.807, 2.05) is 13.8 Å². The van der Waals surface area contributed by atoms with E-state index < -0.39 is 28.8 Å². The maximum atomic E-state index is 13.2. The van der Waals surface area contributed by atoms with Crippen LogP contribution in [0.15, 0.2) is 23.5 Å². The van der Waals surface area contributed by atoms with Crippen LogP contribution in [0.4, 0.5) is 0 Å². The molecule has 2 N–H and O–H groups in total. The van der Waals surface area contributed by atoms with Crippen molar-refractivity contribution in [1.29, 1.82) is 0 Å². The number of ether oxygens (including phenoxy) is 2. The molecule has 164 valence electrons. The predicted octanol–water partition coefficient (Wildman–Crippen LogP) is 3.24. The molecule has 1 unspecified atom stereocenters. The number of allylic oxidation sites excluding steroid dienone is 3. The van der Waals surface area contributed by atoms with E-state index in [2.05, 4.69) is 13.8 Å². The van der Waals surface area contributed by atoms with Crippen molar-refractivity contribution in [2.75, 3.05) is 6.61 Å². The van der Waals surface area contributed by atoms with Crippen LogP contribution in [0.1, 0.15) is 59.8 Å². The average Bonchev–Trinajstić information content (AvgIpc) is 3.08. The third-order valence-electron chi connectivity index (χ3n) is 9.27. The molecule has 0 bridgehead atoms. The van der Waals surface area contributed by atoms with Gasteiger partial charge in [-0.1, -0.05) is 12.5 Å². The van der Waals surface area contributed by atoms with Crippen LogP contribution in [0.3, 0.4) is 0 Å². The van der Waals surface area contributed by atoms with Crippen molar-refractivity contribution >= 4 is 11.6 Å². The van der Waals surface area contributed by atoms with E-state index in [0.29, 0.717) is 12.3 Å². The van der Waals surface area contributed by atoms with Gasteiger partial charge in [0.05, 0.1) is 6.10 Å². The molecule has 6 heteroatoms. The molecule has 3 saturated carbocycles. The van der Waals surface area contributed by atoms with Gasteiger partial charge in [0.15, 0.2) is 23.0 Å².